The molecule has 2 aliphatic heterocycles. The van der Waals surface area contributed by atoms with E-state index in [0.717, 1.165) is 0 Å². The fraction of sp³-hybridized carbons (Fsp3) is 0. The van der Waals surface area contributed by atoms with Gasteiger partial charge in [0.2, 0.25) is 0 Å². The van der Waals surface area contributed by atoms with Gasteiger partial charge in [-0.15, -0.1) is 0 Å². The maximum absolute atomic E-state index is 2.57. The molecule has 2 aliphatic rings. The van der Waals surface area contributed by atoms with Crippen LogP contribution in [-0.2, 0) is 23.2 Å². The predicted molar refractivity (Wildman–Crippen MR) is 54.1 cm³/mol. The van der Waals surface area contributed by atoms with Gasteiger partial charge in [-0.2, -0.15) is 0 Å². The zero-order valence-electron chi connectivity index (χ0n) is 6.46. The second-order valence-electron chi connectivity index (χ2n) is 2.00. The Morgan fingerprint density at radius 1 is 0.923 bits per heavy atom. The van der Waals surface area contributed by atoms with Crippen molar-refractivity contribution in [3.05, 3.63) is 17.8 Å². The Hall–Kier alpha value is 3.44. The van der Waals surface area contributed by atoms with Gasteiger partial charge in [0, 0.05) is 0 Å². The standard InChI is InChI=1S/2C3H2As.2ClH.2Sb.Zr.2H/c2*1-3-4-2;;;;;;;/h2*1,3H;2*1H;;;;;/q;;;;;;+2;;/p-2. The van der Waals surface area contributed by atoms with E-state index in [1.807, 2.05) is 0 Å². The average molecular weight is 634 g/mol. The van der Waals surface area contributed by atoms with Crippen molar-refractivity contribution in [2.45, 2.75) is 0 Å². The third-order valence-electron chi connectivity index (χ3n) is 1.23. The van der Waals surface area contributed by atoms with E-state index in [1.54, 1.807) is 0 Å². The monoisotopic (exact) mass is 630 g/mol. The van der Waals surface area contributed by atoms with E-state index in [-0.39, 0.29) is 91.3 Å². The smallest absolute Gasteiger partial charge is 1.00 e. The summed E-state index contributed by atoms with van der Waals surface area (Å²) in [4.78, 5) is 5.06. The molecule has 2 rings (SSSR count). The van der Waals surface area contributed by atoms with Gasteiger partial charge in [-0.25, -0.2) is 0 Å². The van der Waals surface area contributed by atoms with E-state index < -0.39 is 0 Å². The van der Waals surface area contributed by atoms with Crippen LogP contribution in [0.1, 0.15) is 0 Å². The van der Waals surface area contributed by atoms with Gasteiger partial charge in [0.1, 0.15) is 0 Å². The summed E-state index contributed by atoms with van der Waals surface area (Å²) in [5.41, 5.74) is 0. The summed E-state index contributed by atoms with van der Waals surface area (Å²) >= 11 is 1.41. The molecule has 0 aromatic heterocycles. The fourth-order valence-electron chi connectivity index (χ4n) is 0.779. The van der Waals surface area contributed by atoms with E-state index in [9.17, 15) is 0 Å². The van der Waals surface area contributed by atoms with Crippen molar-refractivity contribution < 1.29 is 48.0 Å². The Bertz CT molecular complexity index is 260. The minimum Gasteiger partial charge on any atom is -1.00 e. The molecule has 68 valence electrons. The summed E-state index contributed by atoms with van der Waals surface area (Å²) in [5.74, 6) is 0. The topological polar surface area (TPSA) is 0 Å². The molecule has 0 fully saturated rings. The molecular weight excluding hydrogens is 628 g/mol. The van der Waals surface area contributed by atoms with E-state index in [0.29, 0.717) is 30.6 Å². The second kappa shape index (κ2) is 9.46. The molecule has 0 amide bonds. The Kier molecular flexibility index (Phi) is 12.0. The van der Waals surface area contributed by atoms with Gasteiger partial charge < -0.3 is 24.8 Å². The van der Waals surface area contributed by atoms with Crippen LogP contribution in [0.2, 0.25) is 0 Å². The molecule has 0 aliphatic carbocycles. The van der Waals surface area contributed by atoms with Gasteiger partial charge in [-0.05, 0) is 0 Å². The molecule has 7 heteroatoms. The molecule has 0 radical (unpaired) electrons. The molecule has 0 nitrogen and oxygen atoms in total. The van der Waals surface area contributed by atoms with E-state index in [4.69, 9.17) is 0 Å². The molecule has 0 aromatic rings. The summed E-state index contributed by atoms with van der Waals surface area (Å²) in [5, 5.41) is 0. The van der Waals surface area contributed by atoms with Gasteiger partial charge in [0.05, 0.1) is 0 Å². The molecule has 0 aromatic carbocycles. The SMILES string of the molecule is C1=[CH][SbH][C]([Zr+2][C]2=[As]C=[CH][SbH]2)=[As]1.[Cl-].[Cl-]. The predicted octanol–water partition coefficient (Wildman–Crippen LogP) is -7.50. The molecule has 13 heavy (non-hydrogen) atoms. The largest absolute Gasteiger partial charge is 1.00 e. The Morgan fingerprint density at radius 3 is 1.69 bits per heavy atom. The van der Waals surface area contributed by atoms with Gasteiger partial charge >= 0.3 is 115 Å². The molecule has 0 atom stereocenters. The van der Waals surface area contributed by atoms with Crippen molar-refractivity contribution in [1.82, 2.24) is 0 Å². The number of rotatable bonds is 2. The first kappa shape index (κ1) is 16.4. The van der Waals surface area contributed by atoms with Gasteiger partial charge in [0.15, 0.2) is 0 Å². The van der Waals surface area contributed by atoms with Crippen molar-refractivity contribution in [3.8, 4) is 0 Å². The van der Waals surface area contributed by atoms with Crippen molar-refractivity contribution in [3.63, 3.8) is 0 Å². The van der Waals surface area contributed by atoms with Gasteiger partial charge in [-0.1, -0.05) is 0 Å². The molecular formula is C6H6As2Cl2Sb2Zr. The van der Waals surface area contributed by atoms with Crippen LogP contribution < -0.4 is 24.8 Å². The quantitative estimate of drug-likeness (QED) is 0.266. The van der Waals surface area contributed by atoms with Crippen LogP contribution in [0, 0.1) is 0 Å². The first-order chi connectivity index (χ1) is 5.45. The Balaban J connectivity index is 0.000000720. The fourth-order valence-corrected chi connectivity index (χ4v) is 47.3. The van der Waals surface area contributed by atoms with E-state index in [2.05, 4.69) is 17.7 Å². The van der Waals surface area contributed by atoms with Crippen LogP contribution in [-0.4, -0.2) is 73.8 Å². The summed E-state index contributed by atoms with van der Waals surface area (Å²) in [6.07, 6.45) is 0. The minimum absolute atomic E-state index is 0. The summed E-state index contributed by atoms with van der Waals surface area (Å²) in [6.45, 7) is 0. The van der Waals surface area contributed by atoms with E-state index in [1.165, 1.54) is 0 Å². The average Bonchev–Trinajstić information content (AvgIpc) is 2.60. The first-order valence-electron chi connectivity index (χ1n) is 3.21. The molecule has 0 unspecified atom stereocenters. The summed E-state index contributed by atoms with van der Waals surface area (Å²) in [7, 11) is 0. The zero-order valence-corrected chi connectivity index (χ0v) is 19.9. The maximum atomic E-state index is 2.57. The van der Waals surface area contributed by atoms with Crippen LogP contribution in [0.4, 0.5) is 0 Å². The summed E-state index contributed by atoms with van der Waals surface area (Å²) < 4.78 is 9.57. The van der Waals surface area contributed by atoms with Crippen molar-refractivity contribution in [2.75, 3.05) is 0 Å². The Morgan fingerprint density at radius 2 is 1.38 bits per heavy atom. The minimum atomic E-state index is 0. The van der Waals surface area contributed by atoms with Crippen LogP contribution >= 0.6 is 0 Å². The van der Waals surface area contributed by atoms with Gasteiger partial charge in [0.25, 0.3) is 0 Å². The third kappa shape index (κ3) is 6.06. The van der Waals surface area contributed by atoms with E-state index >= 15 is 0 Å². The molecule has 0 N–H and O–H groups in total. The maximum Gasteiger partial charge on any atom is -1.00 e. The molecule has 0 saturated heterocycles. The molecule has 2 heterocycles. The number of halogens is 2. The van der Waals surface area contributed by atoms with Crippen LogP contribution in [0.15, 0.2) is 17.8 Å². The van der Waals surface area contributed by atoms with Gasteiger partial charge in [-0.3, -0.25) is 0 Å². The second-order valence-corrected chi connectivity index (χ2v) is 32.4. The number of hydrogen-bond acceptors (Lipinski definition) is 0. The van der Waals surface area contributed by atoms with Crippen molar-refractivity contribution >= 4 is 73.8 Å². The van der Waals surface area contributed by atoms with Crippen LogP contribution in [0.25, 0.3) is 0 Å². The number of hydrogen-bond donors (Lipinski definition) is 0. The zero-order chi connectivity index (χ0) is 7.52. The first-order valence-corrected chi connectivity index (χ1v) is 15.9. The Labute approximate surface area is 136 Å². The summed E-state index contributed by atoms with van der Waals surface area (Å²) in [6, 6.07) is 0. The van der Waals surface area contributed by atoms with Crippen LogP contribution in [0.3, 0.4) is 0 Å². The van der Waals surface area contributed by atoms with Crippen molar-refractivity contribution in [1.29, 1.82) is 0 Å². The third-order valence-corrected chi connectivity index (χ3v) is 34.2. The van der Waals surface area contributed by atoms with Crippen LogP contribution in [0.5, 0.6) is 0 Å². The van der Waals surface area contributed by atoms with Crippen molar-refractivity contribution in [2.24, 2.45) is 0 Å². The molecule has 0 bridgehead atoms. The molecule has 0 saturated carbocycles. The molecule has 0 spiro atoms. The normalized spacial score (nSPS) is 19.4.